The average molecular weight is 504 g/mol. The molecule has 172 valence electrons. The number of hydrogen-bond donors (Lipinski definition) is 2. The van der Waals surface area contributed by atoms with Gasteiger partial charge in [-0.3, -0.25) is 14.5 Å². The van der Waals surface area contributed by atoms with Gasteiger partial charge in [0.15, 0.2) is 5.69 Å². The SMILES string of the molecule is Cc1ccccc1N(C(=O)c1nsc(Cl)c1Cl)[C@@H](C(=O)NC1CCCC1)c1ccc(O)cc1. The van der Waals surface area contributed by atoms with Gasteiger partial charge in [0.1, 0.15) is 21.2 Å². The Hall–Kier alpha value is -2.61. The van der Waals surface area contributed by atoms with E-state index in [1.54, 1.807) is 24.3 Å². The summed E-state index contributed by atoms with van der Waals surface area (Å²) >= 11 is 13.3. The molecule has 2 N–H and O–H groups in total. The van der Waals surface area contributed by atoms with Crippen molar-refractivity contribution >= 4 is 52.2 Å². The molecule has 0 aliphatic heterocycles. The Morgan fingerprint density at radius 2 is 1.79 bits per heavy atom. The number of anilines is 1. The minimum absolute atomic E-state index is 0.00707. The van der Waals surface area contributed by atoms with Crippen LogP contribution in [0.1, 0.15) is 53.3 Å². The van der Waals surface area contributed by atoms with Crippen LogP contribution < -0.4 is 10.2 Å². The van der Waals surface area contributed by atoms with Crippen molar-refractivity contribution in [3.63, 3.8) is 0 Å². The lowest BCUT2D eigenvalue weighted by atomic mass is 10.0. The molecule has 3 aromatic rings. The molecule has 1 aliphatic carbocycles. The van der Waals surface area contributed by atoms with Crippen LogP contribution in [-0.4, -0.2) is 27.3 Å². The summed E-state index contributed by atoms with van der Waals surface area (Å²) in [5, 5.41) is 13.0. The molecule has 9 heteroatoms. The quantitative estimate of drug-likeness (QED) is 0.437. The second kappa shape index (κ2) is 10.1. The van der Waals surface area contributed by atoms with E-state index < -0.39 is 11.9 Å². The summed E-state index contributed by atoms with van der Waals surface area (Å²) < 4.78 is 4.37. The van der Waals surface area contributed by atoms with Crippen molar-refractivity contribution in [3.8, 4) is 5.75 Å². The molecule has 0 saturated heterocycles. The third kappa shape index (κ3) is 5.00. The van der Waals surface area contributed by atoms with Gasteiger partial charge in [-0.25, -0.2) is 0 Å². The standard InChI is InChI=1S/C24H23Cl2N3O3S/c1-14-6-2-5-9-18(14)29(24(32)20-19(25)22(26)33-28-20)21(15-10-12-17(30)13-11-15)23(31)27-16-7-3-4-8-16/h2,5-6,9-13,16,21,30H,3-4,7-8H2,1H3,(H,27,31)/t21-/m1/s1. The zero-order chi connectivity index (χ0) is 23.5. The van der Waals surface area contributed by atoms with Gasteiger partial charge < -0.3 is 10.4 Å². The van der Waals surface area contributed by atoms with Crippen molar-refractivity contribution in [2.24, 2.45) is 0 Å². The van der Waals surface area contributed by atoms with Gasteiger partial charge >= 0.3 is 0 Å². The monoisotopic (exact) mass is 503 g/mol. The molecule has 2 aromatic carbocycles. The molecule has 0 spiro atoms. The number of phenols is 1. The van der Waals surface area contributed by atoms with E-state index in [1.165, 1.54) is 17.0 Å². The summed E-state index contributed by atoms with van der Waals surface area (Å²) in [6.07, 6.45) is 3.92. The second-order valence-electron chi connectivity index (χ2n) is 8.06. The van der Waals surface area contributed by atoms with Crippen LogP contribution in [0.3, 0.4) is 0 Å². The molecule has 33 heavy (non-hydrogen) atoms. The third-order valence-corrected chi connectivity index (χ3v) is 7.42. The fourth-order valence-corrected chi connectivity index (χ4v) is 5.12. The minimum atomic E-state index is -1.00. The molecule has 4 rings (SSSR count). The number of carbonyl (C=O) groups is 2. The first-order valence-electron chi connectivity index (χ1n) is 10.7. The van der Waals surface area contributed by atoms with E-state index >= 15 is 0 Å². The van der Waals surface area contributed by atoms with Crippen molar-refractivity contribution in [2.45, 2.75) is 44.7 Å². The van der Waals surface area contributed by atoms with E-state index in [0.29, 0.717) is 11.3 Å². The molecule has 2 amide bonds. The van der Waals surface area contributed by atoms with Crippen LogP contribution in [0.2, 0.25) is 9.36 Å². The van der Waals surface area contributed by atoms with Gasteiger partial charge in [-0.15, -0.1) is 0 Å². The Morgan fingerprint density at radius 3 is 2.39 bits per heavy atom. The predicted molar refractivity (Wildman–Crippen MR) is 131 cm³/mol. The summed E-state index contributed by atoms with van der Waals surface area (Å²) in [6.45, 7) is 1.87. The number of phenolic OH excluding ortho intramolecular Hbond substituents is 1. The first-order chi connectivity index (χ1) is 15.9. The highest BCUT2D eigenvalue weighted by molar-refractivity contribution is 7.11. The van der Waals surface area contributed by atoms with Crippen molar-refractivity contribution in [2.75, 3.05) is 4.90 Å². The van der Waals surface area contributed by atoms with Gasteiger partial charge in [0.25, 0.3) is 5.91 Å². The lowest BCUT2D eigenvalue weighted by Crippen LogP contribution is -2.46. The zero-order valence-electron chi connectivity index (χ0n) is 17.9. The van der Waals surface area contributed by atoms with Crippen LogP contribution in [0.4, 0.5) is 5.69 Å². The van der Waals surface area contributed by atoms with E-state index in [-0.39, 0.29) is 32.8 Å². The number of aromatic nitrogens is 1. The topological polar surface area (TPSA) is 82.5 Å². The minimum Gasteiger partial charge on any atom is -0.508 e. The third-order valence-electron chi connectivity index (χ3n) is 5.81. The smallest absolute Gasteiger partial charge is 0.280 e. The Kier molecular flexibility index (Phi) is 7.22. The van der Waals surface area contributed by atoms with Crippen LogP contribution in [0.25, 0.3) is 0 Å². The molecule has 0 radical (unpaired) electrons. The Morgan fingerprint density at radius 1 is 1.12 bits per heavy atom. The molecule has 1 aromatic heterocycles. The summed E-state index contributed by atoms with van der Waals surface area (Å²) in [6, 6.07) is 12.7. The second-order valence-corrected chi connectivity index (χ2v) is 9.82. The number of amides is 2. The van der Waals surface area contributed by atoms with Gasteiger partial charge in [0.05, 0.1) is 0 Å². The average Bonchev–Trinajstić information content (AvgIpc) is 3.43. The first-order valence-corrected chi connectivity index (χ1v) is 12.2. The highest BCUT2D eigenvalue weighted by Crippen LogP contribution is 2.36. The molecule has 0 bridgehead atoms. The number of hydrogen-bond acceptors (Lipinski definition) is 5. The number of nitrogens with zero attached hydrogens (tertiary/aromatic N) is 2. The Balaban J connectivity index is 1.85. The van der Waals surface area contributed by atoms with E-state index in [4.69, 9.17) is 23.2 Å². The molecule has 1 saturated carbocycles. The number of aromatic hydroxyl groups is 1. The van der Waals surface area contributed by atoms with Gasteiger partial charge in [0, 0.05) is 11.7 Å². The summed E-state index contributed by atoms with van der Waals surface area (Å²) in [5.74, 6) is -0.768. The normalized spacial score (nSPS) is 14.8. The van der Waals surface area contributed by atoms with Crippen molar-refractivity contribution in [3.05, 3.63) is 74.7 Å². The summed E-state index contributed by atoms with van der Waals surface area (Å²) in [4.78, 5) is 29.0. The molecule has 0 unspecified atom stereocenters. The van der Waals surface area contributed by atoms with E-state index in [1.807, 2.05) is 19.1 Å². The van der Waals surface area contributed by atoms with Crippen molar-refractivity contribution in [1.29, 1.82) is 0 Å². The van der Waals surface area contributed by atoms with E-state index in [0.717, 1.165) is 42.8 Å². The molecular weight excluding hydrogens is 481 g/mol. The number of carbonyl (C=O) groups excluding carboxylic acids is 2. The summed E-state index contributed by atoms with van der Waals surface area (Å²) in [7, 11) is 0. The molecule has 1 heterocycles. The predicted octanol–water partition coefficient (Wildman–Crippen LogP) is 5.91. The van der Waals surface area contributed by atoms with Crippen LogP contribution in [-0.2, 0) is 4.79 Å². The van der Waals surface area contributed by atoms with E-state index in [9.17, 15) is 14.7 Å². The highest BCUT2D eigenvalue weighted by atomic mass is 35.5. The number of para-hydroxylation sites is 1. The zero-order valence-corrected chi connectivity index (χ0v) is 20.3. The van der Waals surface area contributed by atoms with Crippen molar-refractivity contribution in [1.82, 2.24) is 9.69 Å². The van der Waals surface area contributed by atoms with Crippen LogP contribution in [0.5, 0.6) is 5.75 Å². The number of benzene rings is 2. The maximum Gasteiger partial charge on any atom is 0.280 e. The van der Waals surface area contributed by atoms with E-state index in [2.05, 4.69) is 9.69 Å². The Labute approximate surface area is 206 Å². The van der Waals surface area contributed by atoms with Gasteiger partial charge in [0.2, 0.25) is 5.91 Å². The lowest BCUT2D eigenvalue weighted by molar-refractivity contribution is -0.123. The fraction of sp³-hybridized carbons (Fsp3) is 0.292. The summed E-state index contributed by atoms with van der Waals surface area (Å²) in [5.41, 5.74) is 1.91. The van der Waals surface area contributed by atoms with Crippen LogP contribution in [0, 0.1) is 6.92 Å². The Bertz CT molecular complexity index is 1160. The number of nitrogens with one attached hydrogen (secondary N) is 1. The number of rotatable bonds is 6. The number of halogens is 2. The first kappa shape index (κ1) is 23.5. The maximum atomic E-state index is 13.9. The van der Waals surface area contributed by atoms with Crippen LogP contribution in [0.15, 0.2) is 48.5 Å². The molecule has 1 atom stereocenters. The number of aryl methyl sites for hydroxylation is 1. The molecular formula is C24H23Cl2N3O3S. The molecule has 1 fully saturated rings. The van der Waals surface area contributed by atoms with Crippen molar-refractivity contribution < 1.29 is 14.7 Å². The molecule has 6 nitrogen and oxygen atoms in total. The van der Waals surface area contributed by atoms with Gasteiger partial charge in [-0.2, -0.15) is 4.37 Å². The highest BCUT2D eigenvalue weighted by Gasteiger charge is 2.37. The van der Waals surface area contributed by atoms with Crippen LogP contribution >= 0.6 is 34.7 Å². The largest absolute Gasteiger partial charge is 0.508 e. The lowest BCUT2D eigenvalue weighted by Gasteiger charge is -2.33. The molecule has 1 aliphatic rings. The fourth-order valence-electron chi connectivity index (χ4n) is 4.13. The maximum absolute atomic E-state index is 13.9. The van der Waals surface area contributed by atoms with Gasteiger partial charge in [-0.1, -0.05) is 66.4 Å². The van der Waals surface area contributed by atoms with Gasteiger partial charge in [-0.05, 0) is 60.6 Å².